The van der Waals surface area contributed by atoms with Gasteiger partial charge in [0.05, 0.1) is 30.7 Å². The van der Waals surface area contributed by atoms with Gasteiger partial charge in [-0.1, -0.05) is 67.4 Å². The van der Waals surface area contributed by atoms with E-state index in [1.165, 1.54) is 0 Å². The number of hydrogen-bond acceptors (Lipinski definition) is 5. The van der Waals surface area contributed by atoms with Crippen LogP contribution in [-0.2, 0) is 33.5 Å². The summed E-state index contributed by atoms with van der Waals surface area (Å²) in [6.45, 7) is 3.96. The number of carbonyl (C=O) groups excluding carboxylic acids is 1. The molecule has 1 amide bonds. The minimum atomic E-state index is -3.72. The third-order valence-corrected chi connectivity index (χ3v) is 8.73. The number of hydrogen-bond donors (Lipinski definition) is 0. The molecule has 8 heteroatoms. The zero-order chi connectivity index (χ0) is 26.4. The van der Waals surface area contributed by atoms with Crippen LogP contribution < -0.4 is 0 Å². The van der Waals surface area contributed by atoms with Crippen LogP contribution >= 0.6 is 0 Å². The summed E-state index contributed by atoms with van der Waals surface area (Å²) < 4.78 is 29.1. The van der Waals surface area contributed by atoms with E-state index in [9.17, 15) is 13.2 Å². The van der Waals surface area contributed by atoms with Crippen molar-refractivity contribution in [1.82, 2.24) is 19.4 Å². The Morgan fingerprint density at radius 3 is 2.35 bits per heavy atom. The lowest BCUT2D eigenvalue weighted by atomic mass is 10.1. The lowest BCUT2D eigenvalue weighted by Crippen LogP contribution is -2.39. The first-order valence-corrected chi connectivity index (χ1v) is 14.7. The predicted octanol–water partition coefficient (Wildman–Crippen LogP) is 4.29. The van der Waals surface area contributed by atoms with Crippen LogP contribution in [0.2, 0.25) is 0 Å². The highest BCUT2D eigenvalue weighted by Crippen LogP contribution is 2.28. The summed E-state index contributed by atoms with van der Waals surface area (Å²) in [6.07, 6.45) is 5.67. The van der Waals surface area contributed by atoms with Crippen LogP contribution in [0, 0.1) is 12.8 Å². The van der Waals surface area contributed by atoms with Crippen molar-refractivity contribution in [3.05, 3.63) is 83.2 Å². The van der Waals surface area contributed by atoms with Gasteiger partial charge in [0, 0.05) is 19.0 Å². The Bertz CT molecular complexity index is 1300. The van der Waals surface area contributed by atoms with Crippen molar-refractivity contribution in [2.45, 2.75) is 56.6 Å². The summed E-state index contributed by atoms with van der Waals surface area (Å²) in [5.74, 6) is 0.101. The molecule has 1 fully saturated rings. The fraction of sp³-hybridized carbons (Fsp3) is 0.448. The Morgan fingerprint density at radius 1 is 1.00 bits per heavy atom. The summed E-state index contributed by atoms with van der Waals surface area (Å²) >= 11 is 0. The molecule has 1 aliphatic carbocycles. The lowest BCUT2D eigenvalue weighted by Gasteiger charge is -2.27. The molecule has 4 rings (SSSR count). The number of aryl methyl sites for hydroxylation is 1. The van der Waals surface area contributed by atoms with Crippen molar-refractivity contribution in [3.8, 4) is 0 Å². The van der Waals surface area contributed by atoms with Gasteiger partial charge in [0.25, 0.3) is 0 Å². The number of nitrogens with zero attached hydrogens (tertiary/aromatic N) is 4. The normalized spacial score (nSPS) is 14.4. The van der Waals surface area contributed by atoms with Crippen molar-refractivity contribution in [1.29, 1.82) is 0 Å². The Morgan fingerprint density at radius 2 is 1.68 bits per heavy atom. The molecule has 1 aromatic heterocycles. The second-order valence-electron chi connectivity index (χ2n) is 10.3. The molecular weight excluding hydrogens is 484 g/mol. The van der Waals surface area contributed by atoms with Crippen LogP contribution in [-0.4, -0.2) is 60.9 Å². The summed E-state index contributed by atoms with van der Waals surface area (Å²) in [4.78, 5) is 21.9. The maximum Gasteiger partial charge on any atom is 0.228 e. The Hall–Kier alpha value is -2.97. The molecule has 2 aromatic carbocycles. The monoisotopic (exact) mass is 522 g/mol. The molecule has 7 nitrogen and oxygen atoms in total. The molecule has 37 heavy (non-hydrogen) atoms. The Labute approximate surface area is 221 Å². The van der Waals surface area contributed by atoms with Crippen molar-refractivity contribution < 1.29 is 13.2 Å². The number of carbonyl (C=O) groups is 1. The molecule has 0 radical (unpaired) electrons. The largest absolute Gasteiger partial charge is 0.335 e. The van der Waals surface area contributed by atoms with Gasteiger partial charge in [-0.2, -0.15) is 0 Å². The van der Waals surface area contributed by atoms with E-state index < -0.39 is 9.84 Å². The zero-order valence-electron chi connectivity index (χ0n) is 22.1. The van der Waals surface area contributed by atoms with Crippen LogP contribution in [0.4, 0.5) is 0 Å². The molecule has 3 aromatic rings. The van der Waals surface area contributed by atoms with Gasteiger partial charge < -0.3 is 14.4 Å². The number of benzene rings is 2. The molecule has 198 valence electrons. The van der Waals surface area contributed by atoms with Gasteiger partial charge in [-0.05, 0) is 50.6 Å². The van der Waals surface area contributed by atoms with E-state index >= 15 is 0 Å². The first kappa shape index (κ1) is 27.1. The average molecular weight is 523 g/mol. The number of sulfone groups is 1. The number of aromatic nitrogens is 2. The predicted molar refractivity (Wildman–Crippen MR) is 146 cm³/mol. The molecule has 0 atom stereocenters. The van der Waals surface area contributed by atoms with Crippen molar-refractivity contribution in [3.63, 3.8) is 0 Å². The van der Waals surface area contributed by atoms with E-state index in [-0.39, 0.29) is 22.7 Å². The summed E-state index contributed by atoms with van der Waals surface area (Å²) in [6, 6.07) is 17.3. The van der Waals surface area contributed by atoms with Crippen molar-refractivity contribution in [2.24, 2.45) is 5.92 Å². The first-order valence-electron chi connectivity index (χ1n) is 13.0. The smallest absolute Gasteiger partial charge is 0.228 e. The summed E-state index contributed by atoms with van der Waals surface area (Å²) in [5.41, 5.74) is 3.42. The minimum absolute atomic E-state index is 0.0514. The molecule has 0 unspecified atom stereocenters. The molecule has 0 saturated heterocycles. The van der Waals surface area contributed by atoms with Gasteiger partial charge >= 0.3 is 0 Å². The van der Waals surface area contributed by atoms with Gasteiger partial charge in [0.15, 0.2) is 0 Å². The second kappa shape index (κ2) is 12.0. The van der Waals surface area contributed by atoms with Gasteiger partial charge in [-0.25, -0.2) is 13.4 Å². The fourth-order valence-electron chi connectivity index (χ4n) is 4.96. The number of imidazole rings is 1. The molecule has 0 N–H and O–H groups in total. The number of likely N-dealkylation sites (N-methyl/N-ethyl adjacent to an activating group) is 1. The molecule has 0 aliphatic heterocycles. The maximum absolute atomic E-state index is 13.7. The third-order valence-electron chi connectivity index (χ3n) is 7.16. The van der Waals surface area contributed by atoms with Crippen LogP contribution in [0.25, 0.3) is 0 Å². The SMILES string of the molecule is Cc1ccccc1CS(=O)(=O)c1ncc(CN(CCN(C)C)C(=O)C2CCCC2)n1Cc1ccccc1. The highest BCUT2D eigenvalue weighted by molar-refractivity contribution is 7.90. The minimum Gasteiger partial charge on any atom is -0.335 e. The van der Waals surface area contributed by atoms with E-state index in [2.05, 4.69) is 9.88 Å². The fourth-order valence-corrected chi connectivity index (χ4v) is 6.55. The molecule has 0 spiro atoms. The van der Waals surface area contributed by atoms with E-state index in [1.54, 1.807) is 10.8 Å². The van der Waals surface area contributed by atoms with Crippen molar-refractivity contribution in [2.75, 3.05) is 27.2 Å². The maximum atomic E-state index is 13.7. The van der Waals surface area contributed by atoms with Crippen molar-refractivity contribution >= 4 is 15.7 Å². The van der Waals surface area contributed by atoms with E-state index in [4.69, 9.17) is 0 Å². The third kappa shape index (κ3) is 6.87. The summed E-state index contributed by atoms with van der Waals surface area (Å²) in [5, 5.41) is 0.0514. The van der Waals surface area contributed by atoms with Crippen LogP contribution in [0.5, 0.6) is 0 Å². The van der Waals surface area contributed by atoms with Gasteiger partial charge in [0.1, 0.15) is 0 Å². The Balaban J connectivity index is 1.69. The molecule has 1 aliphatic rings. The molecular formula is C29H38N4O3S. The number of amides is 1. The van der Waals surface area contributed by atoms with Gasteiger partial charge in [-0.15, -0.1) is 0 Å². The first-order chi connectivity index (χ1) is 17.7. The highest BCUT2D eigenvalue weighted by Gasteiger charge is 2.30. The van der Waals surface area contributed by atoms with E-state index in [0.717, 1.165) is 54.6 Å². The lowest BCUT2D eigenvalue weighted by molar-refractivity contribution is -0.136. The molecule has 1 saturated carbocycles. The van der Waals surface area contributed by atoms with E-state index in [0.29, 0.717) is 19.6 Å². The number of rotatable bonds is 11. The zero-order valence-corrected chi connectivity index (χ0v) is 23.0. The average Bonchev–Trinajstić information content (AvgIpc) is 3.54. The quantitative estimate of drug-likeness (QED) is 0.376. The van der Waals surface area contributed by atoms with Gasteiger partial charge in [0.2, 0.25) is 20.9 Å². The van der Waals surface area contributed by atoms with Crippen LogP contribution in [0.15, 0.2) is 66.0 Å². The van der Waals surface area contributed by atoms with Crippen LogP contribution in [0.3, 0.4) is 0 Å². The second-order valence-corrected chi connectivity index (χ2v) is 12.2. The van der Waals surface area contributed by atoms with Crippen LogP contribution in [0.1, 0.15) is 48.1 Å². The topological polar surface area (TPSA) is 75.5 Å². The van der Waals surface area contributed by atoms with E-state index in [1.807, 2.05) is 80.5 Å². The Kier molecular flexibility index (Phi) is 8.82. The summed E-state index contributed by atoms with van der Waals surface area (Å²) in [7, 11) is 0.265. The van der Waals surface area contributed by atoms with Gasteiger partial charge in [-0.3, -0.25) is 4.79 Å². The molecule has 1 heterocycles. The standard InChI is InChI=1S/C29H38N4O3S/c1-23-11-7-8-16-26(23)22-37(35,36)29-30-19-27(33(29)20-24-12-5-4-6-13-24)21-32(18-17-31(2)3)28(34)25-14-9-10-15-25/h4-8,11-13,16,19,25H,9-10,14-15,17-18,20-22H2,1-3H3. The molecule has 0 bridgehead atoms. The highest BCUT2D eigenvalue weighted by atomic mass is 32.2.